The molecule has 11 rings (SSSR count). The van der Waals surface area contributed by atoms with Crippen LogP contribution in [-0.4, -0.2) is 13.7 Å². The second-order valence-electron chi connectivity index (χ2n) is 13.9. The van der Waals surface area contributed by atoms with Gasteiger partial charge in [-0.15, -0.1) is 0 Å². The topological polar surface area (TPSA) is 42.9 Å². The quantitative estimate of drug-likeness (QED) is 0.169. The summed E-state index contributed by atoms with van der Waals surface area (Å²) in [5, 5.41) is 17.4. The van der Waals surface area contributed by atoms with E-state index in [1.807, 2.05) is 36.4 Å². The van der Waals surface area contributed by atoms with Crippen molar-refractivity contribution < 1.29 is 0 Å². The minimum absolute atomic E-state index is 0.599. The highest BCUT2D eigenvalue weighted by atomic mass is 15.0. The first-order valence-electron chi connectivity index (χ1n) is 18.3. The normalized spacial score (nSPS) is 11.6. The van der Waals surface area contributed by atoms with Crippen molar-refractivity contribution in [2.75, 3.05) is 0 Å². The fraction of sp³-hybridized carbons (Fsp3) is 0. The summed E-state index contributed by atoms with van der Waals surface area (Å²) in [4.78, 5) is 3.66. The Morgan fingerprint density at radius 3 is 1.62 bits per heavy atom. The maximum Gasteiger partial charge on any atom is 0.188 e. The van der Waals surface area contributed by atoms with E-state index in [9.17, 15) is 5.26 Å². The number of nitrogens with zero attached hydrogens (tertiary/aromatic N) is 5. The summed E-state index contributed by atoms with van der Waals surface area (Å²) in [5.74, 6) is 0. The van der Waals surface area contributed by atoms with Gasteiger partial charge in [0, 0.05) is 38.3 Å². The van der Waals surface area contributed by atoms with Gasteiger partial charge < -0.3 is 13.7 Å². The largest absolute Gasteiger partial charge is 0.309 e. The highest BCUT2D eigenvalue weighted by molar-refractivity contribution is 6.16. The van der Waals surface area contributed by atoms with Gasteiger partial charge in [-0.3, -0.25) is 0 Å². The fourth-order valence-corrected chi connectivity index (χ4v) is 8.76. The van der Waals surface area contributed by atoms with Crippen molar-refractivity contribution in [3.05, 3.63) is 193 Å². The molecule has 0 aliphatic rings. The molecule has 5 heteroatoms. The molecular formula is C50H29N5. The van der Waals surface area contributed by atoms with Crippen LogP contribution in [0.3, 0.4) is 0 Å². The second-order valence-corrected chi connectivity index (χ2v) is 13.9. The molecule has 8 aromatic carbocycles. The number of nitriles is 1. The van der Waals surface area contributed by atoms with Crippen LogP contribution < -0.4 is 0 Å². The van der Waals surface area contributed by atoms with E-state index in [1.54, 1.807) is 0 Å². The molecule has 3 heterocycles. The van der Waals surface area contributed by atoms with Crippen molar-refractivity contribution in [2.45, 2.75) is 0 Å². The molecule has 0 radical (unpaired) electrons. The van der Waals surface area contributed by atoms with Crippen LogP contribution in [0.2, 0.25) is 0 Å². The minimum Gasteiger partial charge on any atom is -0.309 e. The third kappa shape index (κ3) is 4.45. The van der Waals surface area contributed by atoms with Gasteiger partial charge in [0.15, 0.2) is 5.69 Å². The van der Waals surface area contributed by atoms with Crippen molar-refractivity contribution in [3.63, 3.8) is 0 Å². The predicted molar refractivity (Wildman–Crippen MR) is 226 cm³/mol. The van der Waals surface area contributed by atoms with E-state index in [0.717, 1.165) is 61.0 Å². The number of hydrogen-bond donors (Lipinski definition) is 0. The van der Waals surface area contributed by atoms with E-state index < -0.39 is 0 Å². The van der Waals surface area contributed by atoms with E-state index in [4.69, 9.17) is 6.57 Å². The van der Waals surface area contributed by atoms with Crippen LogP contribution in [0.15, 0.2) is 176 Å². The van der Waals surface area contributed by atoms with Crippen LogP contribution in [0.5, 0.6) is 0 Å². The highest BCUT2D eigenvalue weighted by Crippen LogP contribution is 2.41. The Balaban J connectivity index is 1.05. The number of aromatic nitrogens is 3. The van der Waals surface area contributed by atoms with E-state index >= 15 is 0 Å². The third-order valence-electron chi connectivity index (χ3n) is 11.1. The molecule has 0 spiro atoms. The Kier molecular flexibility index (Phi) is 6.61. The number of benzene rings is 8. The molecule has 0 atom stereocenters. The van der Waals surface area contributed by atoms with Crippen LogP contribution >= 0.6 is 0 Å². The predicted octanol–water partition coefficient (Wildman–Crippen LogP) is 13.1. The number of rotatable bonds is 4. The van der Waals surface area contributed by atoms with Crippen LogP contribution in [-0.2, 0) is 0 Å². The lowest BCUT2D eigenvalue weighted by Crippen LogP contribution is -1.97. The molecule has 0 N–H and O–H groups in total. The second kappa shape index (κ2) is 11.8. The maximum absolute atomic E-state index is 10.5. The highest BCUT2D eigenvalue weighted by Gasteiger charge is 2.20. The Hall–Kier alpha value is -7.86. The molecule has 5 nitrogen and oxygen atoms in total. The van der Waals surface area contributed by atoms with E-state index in [2.05, 4.69) is 164 Å². The zero-order valence-corrected chi connectivity index (χ0v) is 29.5. The Labute approximate surface area is 316 Å². The first-order chi connectivity index (χ1) is 27.2. The molecule has 254 valence electrons. The van der Waals surface area contributed by atoms with Gasteiger partial charge in [-0.05, 0) is 89.3 Å². The average molecular weight is 700 g/mol. The monoisotopic (exact) mass is 699 g/mol. The molecule has 0 aliphatic heterocycles. The number of para-hydroxylation sites is 4. The minimum atomic E-state index is 0.599. The van der Waals surface area contributed by atoms with Gasteiger partial charge in [-0.25, -0.2) is 4.85 Å². The molecule has 3 aromatic heterocycles. The standard InChI is InChI=1S/C50H29N5/c1-52-34-23-28-47-42(30-34)40-13-4-6-15-43(40)54(47)36-26-27-37(33(29-36)31-51)32-21-24-35(25-22-32)53-46-18-9-5-14-41(46)50-48(53)19-10-20-49(50)55-44-16-7-2-11-38(44)39-12-3-8-17-45(39)55/h2-30H. The molecule has 55 heavy (non-hydrogen) atoms. The molecule has 0 saturated heterocycles. The van der Waals surface area contributed by atoms with E-state index in [1.165, 1.54) is 32.6 Å². The Bertz CT molecular complexity index is 3400. The zero-order chi connectivity index (χ0) is 36.6. The summed E-state index contributed by atoms with van der Waals surface area (Å²) in [5.41, 5.74) is 12.8. The van der Waals surface area contributed by atoms with E-state index in [-0.39, 0.29) is 0 Å². The molecule has 0 amide bonds. The van der Waals surface area contributed by atoms with Gasteiger partial charge in [-0.1, -0.05) is 103 Å². The van der Waals surface area contributed by atoms with Crippen molar-refractivity contribution in [2.24, 2.45) is 0 Å². The lowest BCUT2D eigenvalue weighted by Gasteiger charge is -2.13. The van der Waals surface area contributed by atoms with Gasteiger partial charge in [0.1, 0.15) is 0 Å². The third-order valence-corrected chi connectivity index (χ3v) is 11.1. The molecule has 0 aliphatic carbocycles. The summed E-state index contributed by atoms with van der Waals surface area (Å²) >= 11 is 0. The summed E-state index contributed by atoms with van der Waals surface area (Å²) in [6.45, 7) is 7.54. The Morgan fingerprint density at radius 1 is 0.436 bits per heavy atom. The summed E-state index contributed by atoms with van der Waals surface area (Å²) in [7, 11) is 0. The number of hydrogen-bond acceptors (Lipinski definition) is 1. The van der Waals surface area contributed by atoms with Crippen LogP contribution in [0.1, 0.15) is 5.56 Å². The van der Waals surface area contributed by atoms with Gasteiger partial charge in [0.2, 0.25) is 0 Å². The summed E-state index contributed by atoms with van der Waals surface area (Å²) < 4.78 is 6.94. The lowest BCUT2D eigenvalue weighted by molar-refractivity contribution is 1.17. The Morgan fingerprint density at radius 2 is 0.964 bits per heavy atom. The summed E-state index contributed by atoms with van der Waals surface area (Å²) in [6, 6.07) is 63.7. The fourth-order valence-electron chi connectivity index (χ4n) is 8.76. The average Bonchev–Trinajstić information content (AvgIpc) is 3.89. The van der Waals surface area contributed by atoms with Crippen molar-refractivity contribution in [1.29, 1.82) is 5.26 Å². The summed E-state index contributed by atoms with van der Waals surface area (Å²) in [6.07, 6.45) is 0. The molecule has 0 fully saturated rings. The van der Waals surface area contributed by atoms with E-state index in [0.29, 0.717) is 11.3 Å². The van der Waals surface area contributed by atoms with Crippen LogP contribution in [0.25, 0.3) is 98.5 Å². The number of fused-ring (bicyclic) bond motifs is 9. The smallest absolute Gasteiger partial charge is 0.188 e. The van der Waals surface area contributed by atoms with Gasteiger partial charge >= 0.3 is 0 Å². The van der Waals surface area contributed by atoms with Crippen molar-refractivity contribution >= 4 is 71.1 Å². The SMILES string of the molecule is [C-]#[N+]c1ccc2c(c1)c1ccccc1n2-c1ccc(-c2ccc(-n3c4ccccc4c4c(-n5c6ccccc6c6ccccc65)cccc43)cc2)c(C#N)c1. The van der Waals surface area contributed by atoms with Gasteiger partial charge in [0.25, 0.3) is 0 Å². The molecule has 0 saturated carbocycles. The first kappa shape index (κ1) is 30.7. The van der Waals surface area contributed by atoms with Gasteiger partial charge in [-0.2, -0.15) is 5.26 Å². The maximum atomic E-state index is 10.5. The first-order valence-corrected chi connectivity index (χ1v) is 18.3. The van der Waals surface area contributed by atoms with Crippen molar-refractivity contribution in [3.8, 4) is 34.3 Å². The van der Waals surface area contributed by atoms with Crippen LogP contribution in [0, 0.1) is 17.9 Å². The van der Waals surface area contributed by atoms with Crippen molar-refractivity contribution in [1.82, 2.24) is 13.7 Å². The molecule has 11 aromatic rings. The molecular weight excluding hydrogens is 671 g/mol. The molecule has 0 bridgehead atoms. The lowest BCUT2D eigenvalue weighted by atomic mass is 9.99. The molecule has 0 unspecified atom stereocenters. The van der Waals surface area contributed by atoms with Crippen LogP contribution in [0.4, 0.5) is 5.69 Å². The van der Waals surface area contributed by atoms with Gasteiger partial charge in [0.05, 0.1) is 57.0 Å². The zero-order valence-electron chi connectivity index (χ0n) is 29.5.